The number of unbranched alkanes of at least 4 members (excludes halogenated alkanes) is 13. The SMILES string of the molecule is CC/C=C\C/C=C\C/C=C\C/C=C\CCC(=O)OCC(COC(=O)CCCCCCCCCCCCC)OC(=O)CCCCC/C=C\C/C=C\C/C=C\CC. The molecule has 55 heavy (non-hydrogen) atoms. The highest BCUT2D eigenvalue weighted by Crippen LogP contribution is 2.13. The van der Waals surface area contributed by atoms with E-state index in [-0.39, 0.29) is 44.0 Å². The lowest BCUT2D eigenvalue weighted by atomic mass is 10.1. The van der Waals surface area contributed by atoms with Crippen LogP contribution in [0.2, 0.25) is 0 Å². The zero-order chi connectivity index (χ0) is 40.1. The Balaban J connectivity index is 4.54. The molecule has 6 nitrogen and oxygen atoms in total. The highest BCUT2D eigenvalue weighted by atomic mass is 16.6. The third kappa shape index (κ3) is 41.6. The Morgan fingerprint density at radius 2 is 0.745 bits per heavy atom. The van der Waals surface area contributed by atoms with Crippen LogP contribution in [0.25, 0.3) is 0 Å². The van der Waals surface area contributed by atoms with Crippen LogP contribution in [-0.2, 0) is 28.6 Å². The van der Waals surface area contributed by atoms with Gasteiger partial charge < -0.3 is 14.2 Å². The van der Waals surface area contributed by atoms with Gasteiger partial charge in [-0.1, -0.05) is 176 Å². The van der Waals surface area contributed by atoms with E-state index in [0.29, 0.717) is 12.8 Å². The van der Waals surface area contributed by atoms with Crippen molar-refractivity contribution < 1.29 is 28.6 Å². The van der Waals surface area contributed by atoms with Crippen molar-refractivity contribution in [3.63, 3.8) is 0 Å². The summed E-state index contributed by atoms with van der Waals surface area (Å²) in [6.45, 7) is 6.28. The number of hydrogen-bond donors (Lipinski definition) is 0. The topological polar surface area (TPSA) is 78.9 Å². The third-order valence-corrected chi connectivity index (χ3v) is 8.91. The number of rotatable bonds is 38. The van der Waals surface area contributed by atoms with E-state index >= 15 is 0 Å². The van der Waals surface area contributed by atoms with E-state index in [0.717, 1.165) is 89.9 Å². The minimum atomic E-state index is -0.816. The predicted molar refractivity (Wildman–Crippen MR) is 233 cm³/mol. The van der Waals surface area contributed by atoms with Crippen LogP contribution in [0.4, 0.5) is 0 Å². The van der Waals surface area contributed by atoms with Crippen molar-refractivity contribution in [3.05, 3.63) is 85.1 Å². The maximum absolute atomic E-state index is 12.7. The Bertz CT molecular complexity index is 1110. The fraction of sp³-hybridized carbons (Fsp3) is 0.653. The first-order valence-corrected chi connectivity index (χ1v) is 22.1. The molecule has 0 aliphatic carbocycles. The Labute approximate surface area is 337 Å². The van der Waals surface area contributed by atoms with Crippen LogP contribution in [0.3, 0.4) is 0 Å². The summed E-state index contributed by atoms with van der Waals surface area (Å²) < 4.78 is 16.6. The van der Waals surface area contributed by atoms with Gasteiger partial charge in [0.05, 0.1) is 0 Å². The average molecular weight is 765 g/mol. The molecule has 0 heterocycles. The standard InChI is InChI=1S/C49H80O6/c1-4-7-10-13-16-19-22-24-27-30-33-36-39-42-48(51)54-45-46(44-53-47(50)41-38-35-32-29-26-21-18-15-12-9-6-3)55-49(52)43-40-37-34-31-28-25-23-20-17-14-11-8-5-2/h7-8,10-11,16-17,19-20,24-25,27-28,33,36,46H,4-6,9,12-15,18,21-23,26,29-32,34-35,37-45H2,1-3H3/b10-7-,11-8-,19-16-,20-17-,27-24-,28-25-,36-33-. The zero-order valence-electron chi connectivity index (χ0n) is 35.4. The minimum absolute atomic E-state index is 0.110. The number of carbonyl (C=O) groups is 3. The van der Waals surface area contributed by atoms with Crippen molar-refractivity contribution in [1.29, 1.82) is 0 Å². The fourth-order valence-electron chi connectivity index (χ4n) is 5.64. The molecule has 0 saturated heterocycles. The summed E-state index contributed by atoms with van der Waals surface area (Å²) in [5.41, 5.74) is 0. The normalized spacial score (nSPS) is 12.9. The molecule has 0 fully saturated rings. The summed E-state index contributed by atoms with van der Waals surface area (Å²) in [5, 5.41) is 0. The third-order valence-electron chi connectivity index (χ3n) is 8.91. The number of esters is 3. The van der Waals surface area contributed by atoms with Gasteiger partial charge >= 0.3 is 17.9 Å². The van der Waals surface area contributed by atoms with Crippen molar-refractivity contribution in [2.45, 2.75) is 194 Å². The molecule has 0 radical (unpaired) electrons. The summed E-state index contributed by atoms with van der Waals surface area (Å²) >= 11 is 0. The van der Waals surface area contributed by atoms with E-state index < -0.39 is 6.10 Å². The van der Waals surface area contributed by atoms with Gasteiger partial charge in [-0.15, -0.1) is 0 Å². The number of ether oxygens (including phenoxy) is 3. The van der Waals surface area contributed by atoms with Crippen molar-refractivity contribution >= 4 is 17.9 Å². The molecule has 0 aromatic carbocycles. The lowest BCUT2D eigenvalue weighted by molar-refractivity contribution is -0.166. The van der Waals surface area contributed by atoms with E-state index in [1.54, 1.807) is 0 Å². The molecule has 0 bridgehead atoms. The number of carbonyl (C=O) groups excluding carboxylic acids is 3. The molecule has 0 amide bonds. The Morgan fingerprint density at radius 1 is 0.382 bits per heavy atom. The largest absolute Gasteiger partial charge is 0.462 e. The molecule has 0 aliphatic rings. The van der Waals surface area contributed by atoms with Gasteiger partial charge in [-0.2, -0.15) is 0 Å². The lowest BCUT2D eigenvalue weighted by Crippen LogP contribution is -2.30. The molecule has 312 valence electrons. The second kappa shape index (κ2) is 43.3. The first-order chi connectivity index (χ1) is 27.0. The summed E-state index contributed by atoms with van der Waals surface area (Å²) in [6.07, 6.45) is 54.4. The van der Waals surface area contributed by atoms with Crippen molar-refractivity contribution in [2.75, 3.05) is 13.2 Å². The van der Waals surface area contributed by atoms with Crippen molar-refractivity contribution in [1.82, 2.24) is 0 Å². The smallest absolute Gasteiger partial charge is 0.306 e. The van der Waals surface area contributed by atoms with E-state index in [1.807, 2.05) is 12.2 Å². The molecule has 0 aromatic rings. The average Bonchev–Trinajstić information content (AvgIpc) is 3.18. The van der Waals surface area contributed by atoms with Crippen molar-refractivity contribution in [2.24, 2.45) is 0 Å². The van der Waals surface area contributed by atoms with Gasteiger partial charge in [0.1, 0.15) is 13.2 Å². The Kier molecular flexibility index (Phi) is 40.6. The molecule has 0 rings (SSSR count). The van der Waals surface area contributed by atoms with Crippen LogP contribution in [0, 0.1) is 0 Å². The molecule has 6 heteroatoms. The van der Waals surface area contributed by atoms with Crippen LogP contribution in [0.1, 0.15) is 188 Å². The quantitative estimate of drug-likeness (QED) is 0.0270. The molecule has 0 aliphatic heterocycles. The van der Waals surface area contributed by atoms with Gasteiger partial charge in [0, 0.05) is 19.3 Å². The Hall–Kier alpha value is -3.41. The van der Waals surface area contributed by atoms with Crippen LogP contribution in [-0.4, -0.2) is 37.2 Å². The van der Waals surface area contributed by atoms with E-state index in [1.165, 1.54) is 51.4 Å². The molecular formula is C49H80O6. The first kappa shape index (κ1) is 51.6. The van der Waals surface area contributed by atoms with Gasteiger partial charge in [0.15, 0.2) is 6.10 Å². The van der Waals surface area contributed by atoms with E-state index in [2.05, 4.69) is 93.7 Å². The van der Waals surface area contributed by atoms with Crippen LogP contribution < -0.4 is 0 Å². The Morgan fingerprint density at radius 3 is 1.22 bits per heavy atom. The highest BCUT2D eigenvalue weighted by molar-refractivity contribution is 5.71. The van der Waals surface area contributed by atoms with Gasteiger partial charge in [-0.25, -0.2) is 0 Å². The van der Waals surface area contributed by atoms with E-state index in [9.17, 15) is 14.4 Å². The molecule has 0 saturated carbocycles. The second-order valence-electron chi connectivity index (χ2n) is 14.2. The predicted octanol–water partition coefficient (Wildman–Crippen LogP) is 14.1. The molecule has 0 aromatic heterocycles. The second-order valence-corrected chi connectivity index (χ2v) is 14.2. The molecule has 1 atom stereocenters. The lowest BCUT2D eigenvalue weighted by Gasteiger charge is -2.18. The van der Waals surface area contributed by atoms with Crippen molar-refractivity contribution in [3.8, 4) is 0 Å². The molecule has 1 unspecified atom stereocenters. The molecular weight excluding hydrogens is 685 g/mol. The molecule has 0 spiro atoms. The van der Waals surface area contributed by atoms with Gasteiger partial charge in [0.2, 0.25) is 0 Å². The fourth-order valence-corrected chi connectivity index (χ4v) is 5.64. The van der Waals surface area contributed by atoms with Gasteiger partial charge in [-0.05, 0) is 77.0 Å². The maximum atomic E-state index is 12.7. The van der Waals surface area contributed by atoms with Gasteiger partial charge in [-0.3, -0.25) is 14.4 Å². The van der Waals surface area contributed by atoms with Crippen LogP contribution >= 0.6 is 0 Å². The number of hydrogen-bond acceptors (Lipinski definition) is 6. The maximum Gasteiger partial charge on any atom is 0.306 e. The summed E-state index contributed by atoms with van der Waals surface area (Å²) in [7, 11) is 0. The monoisotopic (exact) mass is 765 g/mol. The number of allylic oxidation sites excluding steroid dienone is 14. The highest BCUT2D eigenvalue weighted by Gasteiger charge is 2.19. The minimum Gasteiger partial charge on any atom is -0.462 e. The van der Waals surface area contributed by atoms with Gasteiger partial charge in [0.25, 0.3) is 0 Å². The van der Waals surface area contributed by atoms with Crippen LogP contribution in [0.15, 0.2) is 85.1 Å². The van der Waals surface area contributed by atoms with Crippen LogP contribution in [0.5, 0.6) is 0 Å². The zero-order valence-corrected chi connectivity index (χ0v) is 35.4. The summed E-state index contributed by atoms with van der Waals surface area (Å²) in [6, 6.07) is 0. The summed E-state index contributed by atoms with van der Waals surface area (Å²) in [4.78, 5) is 37.6. The van der Waals surface area contributed by atoms with E-state index in [4.69, 9.17) is 14.2 Å². The first-order valence-electron chi connectivity index (χ1n) is 22.1. The summed E-state index contributed by atoms with van der Waals surface area (Å²) in [5.74, 6) is -1.03. The molecule has 0 N–H and O–H groups in total.